The highest BCUT2D eigenvalue weighted by Crippen LogP contribution is 2.39. The van der Waals surface area contributed by atoms with Gasteiger partial charge in [-0.05, 0) is 18.1 Å². The molecule has 0 spiro atoms. The van der Waals surface area contributed by atoms with Crippen molar-refractivity contribution in [3.63, 3.8) is 0 Å². The maximum absolute atomic E-state index is 12.0. The number of fused-ring (bicyclic) bond motifs is 1. The molecule has 110 valence electrons. The van der Waals surface area contributed by atoms with E-state index < -0.39 is 21.7 Å². The molecule has 0 bridgehead atoms. The molecular formula is C13H16O6S. The number of hydrogen-bond acceptors (Lipinski definition) is 5. The predicted molar refractivity (Wildman–Crippen MR) is 71.0 cm³/mol. The Labute approximate surface area is 117 Å². The van der Waals surface area contributed by atoms with Crippen molar-refractivity contribution in [2.75, 3.05) is 19.5 Å². The first kappa shape index (κ1) is 14.6. The van der Waals surface area contributed by atoms with Gasteiger partial charge in [-0.15, -0.1) is 0 Å². The van der Waals surface area contributed by atoms with Gasteiger partial charge in [0.15, 0.2) is 21.3 Å². The van der Waals surface area contributed by atoms with Crippen LogP contribution in [0.2, 0.25) is 0 Å². The van der Waals surface area contributed by atoms with E-state index in [0.717, 1.165) is 6.26 Å². The Balaban J connectivity index is 2.55. The minimum absolute atomic E-state index is 0.0304. The number of hydrogen-bond donors (Lipinski definition) is 1. The van der Waals surface area contributed by atoms with Crippen molar-refractivity contribution in [2.45, 2.75) is 18.2 Å². The van der Waals surface area contributed by atoms with Gasteiger partial charge in [0, 0.05) is 6.26 Å². The molecule has 0 aliphatic carbocycles. The molecule has 1 heterocycles. The summed E-state index contributed by atoms with van der Waals surface area (Å²) in [6.07, 6.45) is 1.20. The largest absolute Gasteiger partial charge is 0.486 e. The molecule has 0 radical (unpaired) electrons. The second-order valence-corrected chi connectivity index (χ2v) is 6.75. The molecule has 0 fully saturated rings. The summed E-state index contributed by atoms with van der Waals surface area (Å²) in [7, 11) is -3.54. The number of carboxylic acid groups (broad SMARTS) is 1. The predicted octanol–water partition coefficient (Wildman–Crippen LogP) is 1.12. The van der Waals surface area contributed by atoms with E-state index in [1.54, 1.807) is 12.1 Å². The van der Waals surface area contributed by atoms with Crippen LogP contribution in [-0.4, -0.2) is 39.0 Å². The van der Waals surface area contributed by atoms with Gasteiger partial charge in [0.1, 0.15) is 18.1 Å². The molecule has 1 unspecified atom stereocenters. The lowest BCUT2D eigenvalue weighted by Crippen LogP contribution is -2.20. The first-order valence-electron chi connectivity index (χ1n) is 6.15. The fourth-order valence-electron chi connectivity index (χ4n) is 2.12. The van der Waals surface area contributed by atoms with Crippen LogP contribution in [0.25, 0.3) is 0 Å². The van der Waals surface area contributed by atoms with E-state index in [9.17, 15) is 13.2 Å². The number of ether oxygens (including phenoxy) is 2. The number of rotatable bonds is 4. The van der Waals surface area contributed by atoms with Gasteiger partial charge in [-0.2, -0.15) is 0 Å². The Kier molecular flexibility index (Phi) is 3.89. The van der Waals surface area contributed by atoms with Crippen LogP contribution in [0.3, 0.4) is 0 Å². The van der Waals surface area contributed by atoms with Crippen molar-refractivity contribution in [1.82, 2.24) is 0 Å². The number of benzene rings is 1. The molecule has 20 heavy (non-hydrogen) atoms. The lowest BCUT2D eigenvalue weighted by molar-refractivity contribution is -0.141. The van der Waals surface area contributed by atoms with E-state index in [4.69, 9.17) is 14.6 Å². The van der Waals surface area contributed by atoms with E-state index >= 15 is 0 Å². The van der Waals surface area contributed by atoms with Crippen molar-refractivity contribution >= 4 is 15.8 Å². The fourth-order valence-corrected chi connectivity index (χ4v) is 3.24. The van der Waals surface area contributed by atoms with Gasteiger partial charge >= 0.3 is 5.97 Å². The molecule has 6 nitrogen and oxygen atoms in total. The first-order chi connectivity index (χ1) is 9.30. The minimum atomic E-state index is -3.54. The third-order valence-electron chi connectivity index (χ3n) is 3.06. The molecule has 1 aromatic rings. The lowest BCUT2D eigenvalue weighted by atomic mass is 10.0. The second-order valence-electron chi connectivity index (χ2n) is 4.79. The summed E-state index contributed by atoms with van der Waals surface area (Å²) in [5.41, 5.74) is 0.437. The third kappa shape index (κ3) is 2.87. The topological polar surface area (TPSA) is 89.9 Å². The normalized spacial score (nSPS) is 15.7. The Morgan fingerprint density at radius 1 is 1.35 bits per heavy atom. The number of carboxylic acids is 1. The molecule has 1 aliphatic heterocycles. The standard InChI is InChI=1S/C13H16O6S/c1-8(13(14)15)7-9-3-4-10-11(19-6-5-18-10)12(9)20(2,16)17/h3-4,8H,5-7H2,1-2H3,(H,14,15). The molecular weight excluding hydrogens is 284 g/mol. The molecule has 0 aromatic heterocycles. The van der Waals surface area contributed by atoms with E-state index in [1.165, 1.54) is 6.92 Å². The zero-order valence-electron chi connectivity index (χ0n) is 11.3. The van der Waals surface area contributed by atoms with E-state index in [0.29, 0.717) is 17.9 Å². The van der Waals surface area contributed by atoms with Crippen LogP contribution in [0, 0.1) is 5.92 Å². The molecule has 1 aliphatic rings. The SMILES string of the molecule is CC(Cc1ccc2c(c1S(C)(=O)=O)OCCO2)C(=O)O. The average molecular weight is 300 g/mol. The van der Waals surface area contributed by atoms with E-state index in [2.05, 4.69) is 0 Å². The highest BCUT2D eigenvalue weighted by molar-refractivity contribution is 7.90. The van der Waals surface area contributed by atoms with Gasteiger partial charge < -0.3 is 14.6 Å². The van der Waals surface area contributed by atoms with Crippen LogP contribution >= 0.6 is 0 Å². The summed E-state index contributed by atoms with van der Waals surface area (Å²) in [4.78, 5) is 11.0. The zero-order chi connectivity index (χ0) is 14.9. The van der Waals surface area contributed by atoms with Gasteiger partial charge in [0.2, 0.25) is 0 Å². The average Bonchev–Trinajstić information content (AvgIpc) is 2.36. The molecule has 0 amide bonds. The van der Waals surface area contributed by atoms with Gasteiger partial charge in [0.25, 0.3) is 0 Å². The van der Waals surface area contributed by atoms with Crippen molar-refractivity contribution in [3.8, 4) is 11.5 Å². The summed E-state index contributed by atoms with van der Waals surface area (Å²) in [6.45, 7) is 2.17. The molecule has 0 saturated heterocycles. The number of carbonyl (C=O) groups is 1. The van der Waals surface area contributed by atoms with Crippen molar-refractivity contribution < 1.29 is 27.8 Å². The maximum atomic E-state index is 12.0. The van der Waals surface area contributed by atoms with Gasteiger partial charge in [-0.1, -0.05) is 13.0 Å². The van der Waals surface area contributed by atoms with Crippen LogP contribution in [0.4, 0.5) is 0 Å². The van der Waals surface area contributed by atoms with Crippen LogP contribution in [0.15, 0.2) is 17.0 Å². The molecule has 7 heteroatoms. The summed E-state index contributed by atoms with van der Waals surface area (Å²) < 4.78 is 34.8. The third-order valence-corrected chi connectivity index (χ3v) is 4.25. The number of aliphatic carboxylic acids is 1. The van der Waals surface area contributed by atoms with Crippen molar-refractivity contribution in [1.29, 1.82) is 0 Å². The summed E-state index contributed by atoms with van der Waals surface area (Å²) in [6, 6.07) is 3.20. The van der Waals surface area contributed by atoms with Crippen LogP contribution in [0.1, 0.15) is 12.5 Å². The molecule has 1 aromatic carbocycles. The molecule has 1 atom stereocenters. The lowest BCUT2D eigenvalue weighted by Gasteiger charge is -2.22. The quantitative estimate of drug-likeness (QED) is 0.896. The molecule has 0 saturated carbocycles. The summed E-state index contributed by atoms with van der Waals surface area (Å²) in [5.74, 6) is -1.09. The van der Waals surface area contributed by atoms with Crippen LogP contribution in [0.5, 0.6) is 11.5 Å². The van der Waals surface area contributed by atoms with Crippen molar-refractivity contribution in [3.05, 3.63) is 17.7 Å². The highest BCUT2D eigenvalue weighted by Gasteiger charge is 2.27. The summed E-state index contributed by atoms with van der Waals surface area (Å²) in [5, 5.41) is 8.97. The first-order valence-corrected chi connectivity index (χ1v) is 8.04. The minimum Gasteiger partial charge on any atom is -0.486 e. The van der Waals surface area contributed by atoms with E-state index in [1.807, 2.05) is 0 Å². The van der Waals surface area contributed by atoms with Crippen molar-refractivity contribution in [2.24, 2.45) is 5.92 Å². The Hall–Kier alpha value is -1.76. The monoisotopic (exact) mass is 300 g/mol. The van der Waals surface area contributed by atoms with Gasteiger partial charge in [-0.3, -0.25) is 4.79 Å². The fraction of sp³-hybridized carbons (Fsp3) is 0.462. The Morgan fingerprint density at radius 3 is 2.60 bits per heavy atom. The number of sulfone groups is 1. The maximum Gasteiger partial charge on any atom is 0.306 e. The Morgan fingerprint density at radius 2 is 2.00 bits per heavy atom. The highest BCUT2D eigenvalue weighted by atomic mass is 32.2. The van der Waals surface area contributed by atoms with Gasteiger partial charge in [-0.25, -0.2) is 8.42 Å². The van der Waals surface area contributed by atoms with E-state index in [-0.39, 0.29) is 23.7 Å². The molecule has 1 N–H and O–H groups in total. The molecule has 2 rings (SSSR count). The summed E-state index contributed by atoms with van der Waals surface area (Å²) >= 11 is 0. The smallest absolute Gasteiger partial charge is 0.306 e. The van der Waals surface area contributed by atoms with Crippen LogP contribution < -0.4 is 9.47 Å². The second kappa shape index (κ2) is 5.32. The van der Waals surface area contributed by atoms with Gasteiger partial charge in [0.05, 0.1) is 5.92 Å². The zero-order valence-corrected chi connectivity index (χ0v) is 12.1. The van der Waals surface area contributed by atoms with Crippen LogP contribution in [-0.2, 0) is 21.1 Å². The Bertz CT molecular complexity index is 635.